The van der Waals surface area contributed by atoms with Crippen LogP contribution in [0.4, 0.5) is 0 Å². The minimum atomic E-state index is -4.03. The maximum absolute atomic E-state index is 12.7. The minimum absolute atomic E-state index is 0.0157. The van der Waals surface area contributed by atoms with E-state index in [2.05, 4.69) is 5.10 Å². The highest BCUT2D eigenvalue weighted by atomic mass is 35.5. The van der Waals surface area contributed by atoms with Gasteiger partial charge in [-0.05, 0) is 50.1 Å². The Hall–Kier alpha value is -2.18. The average molecular weight is 377 g/mol. The van der Waals surface area contributed by atoms with Crippen molar-refractivity contribution in [2.45, 2.75) is 25.2 Å². The van der Waals surface area contributed by atoms with Crippen molar-refractivity contribution in [3.8, 4) is 0 Å². The van der Waals surface area contributed by atoms with E-state index in [0.717, 1.165) is 11.1 Å². The average Bonchev–Trinajstić information content (AvgIpc) is 2.84. The number of nitrogens with zero attached hydrogens (tertiary/aromatic N) is 2. The highest BCUT2D eigenvalue weighted by Crippen LogP contribution is 2.27. The molecule has 0 radical (unpaired) electrons. The van der Waals surface area contributed by atoms with Gasteiger partial charge in [-0.2, -0.15) is 13.5 Å². The molecular formula is C18H17ClN2O3S. The smallest absolute Gasteiger partial charge is 0.271 e. The van der Waals surface area contributed by atoms with Crippen LogP contribution in [-0.2, 0) is 21.2 Å². The summed E-state index contributed by atoms with van der Waals surface area (Å²) in [5.41, 5.74) is 2.55. The topological polar surface area (TPSA) is 66.8 Å². The molecule has 5 nitrogen and oxygen atoms in total. The van der Waals surface area contributed by atoms with Crippen LogP contribution in [0, 0.1) is 12.8 Å². The highest BCUT2D eigenvalue weighted by molar-refractivity contribution is 7.89. The lowest BCUT2D eigenvalue weighted by molar-refractivity contribution is -0.127. The molecule has 0 bridgehead atoms. The van der Waals surface area contributed by atoms with Crippen LogP contribution < -0.4 is 0 Å². The van der Waals surface area contributed by atoms with E-state index in [1.807, 2.05) is 31.2 Å². The van der Waals surface area contributed by atoms with E-state index in [4.69, 9.17) is 11.6 Å². The fourth-order valence-corrected chi connectivity index (χ4v) is 4.17. The molecule has 1 aliphatic rings. The molecule has 1 heterocycles. The summed E-state index contributed by atoms with van der Waals surface area (Å²) in [6.07, 6.45) is 0.419. The molecule has 25 heavy (non-hydrogen) atoms. The van der Waals surface area contributed by atoms with E-state index < -0.39 is 21.8 Å². The lowest BCUT2D eigenvalue weighted by Gasteiger charge is -2.15. The number of sulfonamides is 1. The monoisotopic (exact) mass is 376 g/mol. The molecular weight excluding hydrogens is 360 g/mol. The minimum Gasteiger partial charge on any atom is -0.271 e. The zero-order valence-corrected chi connectivity index (χ0v) is 15.4. The van der Waals surface area contributed by atoms with Gasteiger partial charge in [0.15, 0.2) is 0 Å². The maximum Gasteiger partial charge on any atom is 0.286 e. The van der Waals surface area contributed by atoms with Crippen molar-refractivity contribution in [2.75, 3.05) is 0 Å². The quantitative estimate of drug-likeness (QED) is 0.821. The van der Waals surface area contributed by atoms with E-state index in [9.17, 15) is 13.2 Å². The molecule has 0 spiro atoms. The predicted molar refractivity (Wildman–Crippen MR) is 97.0 cm³/mol. The second-order valence-electron chi connectivity index (χ2n) is 6.03. The number of hydrogen-bond donors (Lipinski definition) is 0. The van der Waals surface area contributed by atoms with Crippen LogP contribution in [0.2, 0.25) is 5.02 Å². The third-order valence-electron chi connectivity index (χ3n) is 4.10. The number of carbonyl (C=O) groups excluding carboxylic acids is 1. The van der Waals surface area contributed by atoms with Crippen LogP contribution >= 0.6 is 11.6 Å². The zero-order chi connectivity index (χ0) is 18.2. The fraction of sp³-hybridized carbons (Fsp3) is 0.222. The molecule has 0 saturated heterocycles. The summed E-state index contributed by atoms with van der Waals surface area (Å²) in [6, 6.07) is 13.5. The summed E-state index contributed by atoms with van der Waals surface area (Å²) < 4.78 is 26.0. The molecule has 0 N–H and O–H groups in total. The summed E-state index contributed by atoms with van der Waals surface area (Å²) in [5.74, 6) is -1.11. The van der Waals surface area contributed by atoms with Crippen molar-refractivity contribution in [3.63, 3.8) is 0 Å². The Labute approximate surface area is 152 Å². The van der Waals surface area contributed by atoms with E-state index in [-0.39, 0.29) is 4.90 Å². The molecule has 2 aromatic rings. The van der Waals surface area contributed by atoms with E-state index in [1.54, 1.807) is 6.92 Å². The third-order valence-corrected chi connectivity index (χ3v) is 5.94. The SMILES string of the molecule is CC1=NN(S(=O)(=O)c2ccc(Cl)cc2)C(=O)C1Cc1cccc(C)c1. The lowest BCUT2D eigenvalue weighted by atomic mass is 9.95. The number of carbonyl (C=O) groups is 1. The first-order valence-electron chi connectivity index (χ1n) is 7.74. The van der Waals surface area contributed by atoms with Gasteiger partial charge in [0.05, 0.1) is 10.8 Å². The zero-order valence-electron chi connectivity index (χ0n) is 13.8. The number of benzene rings is 2. The van der Waals surface area contributed by atoms with Gasteiger partial charge in [-0.15, -0.1) is 4.41 Å². The third kappa shape index (κ3) is 3.45. The normalized spacial score (nSPS) is 17.7. The van der Waals surface area contributed by atoms with Crippen molar-refractivity contribution >= 4 is 33.2 Å². The Morgan fingerprint density at radius 1 is 1.12 bits per heavy atom. The van der Waals surface area contributed by atoms with Gasteiger partial charge in [-0.1, -0.05) is 41.4 Å². The van der Waals surface area contributed by atoms with Gasteiger partial charge < -0.3 is 0 Å². The first-order valence-corrected chi connectivity index (χ1v) is 9.56. The Bertz CT molecular complexity index is 953. The fourth-order valence-electron chi connectivity index (χ4n) is 2.76. The van der Waals surface area contributed by atoms with Crippen LogP contribution in [0.15, 0.2) is 58.5 Å². The molecule has 0 saturated carbocycles. The Kier molecular flexibility index (Phi) is 4.67. The Morgan fingerprint density at radius 2 is 1.80 bits per heavy atom. The first kappa shape index (κ1) is 17.6. The second kappa shape index (κ2) is 6.61. The molecule has 1 aliphatic heterocycles. The summed E-state index contributed by atoms with van der Waals surface area (Å²) in [4.78, 5) is 12.7. The molecule has 130 valence electrons. The number of aryl methyl sites for hydroxylation is 1. The molecule has 3 rings (SSSR count). The molecule has 0 aromatic heterocycles. The van der Waals surface area contributed by atoms with Gasteiger partial charge >= 0.3 is 0 Å². The number of hydrogen-bond acceptors (Lipinski definition) is 4. The predicted octanol–water partition coefficient (Wildman–Crippen LogP) is 3.41. The molecule has 0 fully saturated rings. The van der Waals surface area contributed by atoms with Crippen LogP contribution in [0.25, 0.3) is 0 Å². The van der Waals surface area contributed by atoms with Crippen LogP contribution in [0.1, 0.15) is 18.1 Å². The highest BCUT2D eigenvalue weighted by Gasteiger charge is 2.41. The second-order valence-corrected chi connectivity index (χ2v) is 8.23. The van der Waals surface area contributed by atoms with Gasteiger partial charge in [0.25, 0.3) is 15.9 Å². The van der Waals surface area contributed by atoms with Gasteiger partial charge in [0.1, 0.15) is 0 Å². The first-order chi connectivity index (χ1) is 11.8. The van der Waals surface area contributed by atoms with Crippen molar-refractivity contribution in [1.82, 2.24) is 4.41 Å². The van der Waals surface area contributed by atoms with Crippen LogP contribution in [-0.4, -0.2) is 24.5 Å². The molecule has 1 atom stereocenters. The van der Waals surface area contributed by atoms with Crippen molar-refractivity contribution in [2.24, 2.45) is 11.0 Å². The summed E-state index contributed by atoms with van der Waals surface area (Å²) in [5, 5.41) is 4.44. The largest absolute Gasteiger partial charge is 0.286 e. The number of rotatable bonds is 4. The van der Waals surface area contributed by atoms with Crippen molar-refractivity contribution in [1.29, 1.82) is 0 Å². The Balaban J connectivity index is 1.88. The summed E-state index contributed by atoms with van der Waals surface area (Å²) in [6.45, 7) is 3.65. The van der Waals surface area contributed by atoms with E-state index in [0.29, 0.717) is 21.6 Å². The maximum atomic E-state index is 12.7. The number of halogens is 1. The van der Waals surface area contributed by atoms with Gasteiger partial charge in [-0.3, -0.25) is 4.79 Å². The van der Waals surface area contributed by atoms with Gasteiger partial charge in [0, 0.05) is 10.7 Å². The van der Waals surface area contributed by atoms with Crippen LogP contribution in [0.3, 0.4) is 0 Å². The number of hydrazone groups is 1. The standard InChI is InChI=1S/C18H17ClN2O3S/c1-12-4-3-5-14(10-12)11-17-13(2)20-21(18(17)22)25(23,24)16-8-6-15(19)7-9-16/h3-10,17H,11H2,1-2H3. The van der Waals surface area contributed by atoms with Gasteiger partial charge in [0.2, 0.25) is 0 Å². The molecule has 7 heteroatoms. The number of amides is 1. The molecule has 2 aromatic carbocycles. The molecule has 0 aliphatic carbocycles. The van der Waals surface area contributed by atoms with Gasteiger partial charge in [-0.25, -0.2) is 0 Å². The summed E-state index contributed by atoms with van der Waals surface area (Å²) >= 11 is 5.80. The van der Waals surface area contributed by atoms with Crippen molar-refractivity contribution in [3.05, 3.63) is 64.7 Å². The van der Waals surface area contributed by atoms with E-state index in [1.165, 1.54) is 24.3 Å². The van der Waals surface area contributed by atoms with Crippen LogP contribution in [0.5, 0.6) is 0 Å². The Morgan fingerprint density at radius 3 is 2.44 bits per heavy atom. The molecule has 1 amide bonds. The molecule has 1 unspecified atom stereocenters. The van der Waals surface area contributed by atoms with Crippen molar-refractivity contribution < 1.29 is 13.2 Å². The summed E-state index contributed by atoms with van der Waals surface area (Å²) in [7, 11) is -4.03. The van der Waals surface area contributed by atoms with E-state index >= 15 is 0 Å². The lowest BCUT2D eigenvalue weighted by Crippen LogP contribution is -2.33.